The van der Waals surface area contributed by atoms with Gasteiger partial charge in [-0.2, -0.15) is 0 Å². The SMILES string of the molecule is COC(=O)c1cc(-c2ccc(C(=O)O)cc2)on1. The van der Waals surface area contributed by atoms with Gasteiger partial charge in [0, 0.05) is 11.6 Å². The van der Waals surface area contributed by atoms with Crippen LogP contribution in [0.5, 0.6) is 0 Å². The maximum Gasteiger partial charge on any atom is 0.360 e. The molecule has 0 saturated carbocycles. The number of benzene rings is 1. The molecule has 0 amide bonds. The average molecular weight is 247 g/mol. The van der Waals surface area contributed by atoms with Crippen molar-refractivity contribution in [3.8, 4) is 11.3 Å². The molecule has 0 aliphatic heterocycles. The molecule has 0 fully saturated rings. The first-order chi connectivity index (χ1) is 8.61. The number of carbonyl (C=O) groups excluding carboxylic acids is 1. The summed E-state index contributed by atoms with van der Waals surface area (Å²) >= 11 is 0. The van der Waals surface area contributed by atoms with Crippen LogP contribution in [0, 0.1) is 0 Å². The third-order valence-electron chi connectivity index (χ3n) is 2.32. The molecule has 6 nitrogen and oxygen atoms in total. The van der Waals surface area contributed by atoms with E-state index < -0.39 is 11.9 Å². The number of aromatic nitrogens is 1. The summed E-state index contributed by atoms with van der Waals surface area (Å²) in [6.07, 6.45) is 0. The van der Waals surface area contributed by atoms with Gasteiger partial charge >= 0.3 is 11.9 Å². The first kappa shape index (κ1) is 11.8. The minimum atomic E-state index is -1.01. The zero-order valence-electron chi connectivity index (χ0n) is 9.41. The number of esters is 1. The second-order valence-corrected chi connectivity index (χ2v) is 3.45. The summed E-state index contributed by atoms with van der Waals surface area (Å²) in [5.74, 6) is -1.23. The molecule has 1 aromatic carbocycles. The van der Waals surface area contributed by atoms with Crippen LogP contribution in [0.4, 0.5) is 0 Å². The van der Waals surface area contributed by atoms with Crippen LogP contribution in [0.2, 0.25) is 0 Å². The van der Waals surface area contributed by atoms with Gasteiger partial charge in [0.15, 0.2) is 11.5 Å². The molecule has 92 valence electrons. The van der Waals surface area contributed by atoms with Crippen molar-refractivity contribution >= 4 is 11.9 Å². The highest BCUT2D eigenvalue weighted by Crippen LogP contribution is 2.21. The van der Waals surface area contributed by atoms with Crippen molar-refractivity contribution < 1.29 is 24.0 Å². The number of hydrogen-bond donors (Lipinski definition) is 1. The van der Waals surface area contributed by atoms with E-state index in [1.807, 2.05) is 0 Å². The van der Waals surface area contributed by atoms with E-state index in [9.17, 15) is 9.59 Å². The molecular weight excluding hydrogens is 238 g/mol. The summed E-state index contributed by atoms with van der Waals surface area (Å²) in [5.41, 5.74) is 0.865. The minimum absolute atomic E-state index is 0.0646. The Bertz CT molecular complexity index is 585. The third kappa shape index (κ3) is 2.22. The monoisotopic (exact) mass is 247 g/mol. The van der Waals surface area contributed by atoms with Crippen LogP contribution in [0.25, 0.3) is 11.3 Å². The molecule has 1 N–H and O–H groups in total. The lowest BCUT2D eigenvalue weighted by atomic mass is 10.1. The van der Waals surface area contributed by atoms with E-state index in [1.165, 1.54) is 25.3 Å². The number of carboxylic acids is 1. The predicted octanol–water partition coefficient (Wildman–Crippen LogP) is 1.83. The summed E-state index contributed by atoms with van der Waals surface area (Å²) in [6, 6.07) is 7.47. The fraction of sp³-hybridized carbons (Fsp3) is 0.0833. The van der Waals surface area contributed by atoms with Gasteiger partial charge < -0.3 is 14.4 Å². The van der Waals surface area contributed by atoms with Gasteiger partial charge in [-0.3, -0.25) is 0 Å². The van der Waals surface area contributed by atoms with Crippen molar-refractivity contribution in [1.29, 1.82) is 0 Å². The second kappa shape index (κ2) is 4.70. The van der Waals surface area contributed by atoms with E-state index in [1.54, 1.807) is 12.1 Å². The van der Waals surface area contributed by atoms with E-state index in [-0.39, 0.29) is 11.3 Å². The summed E-state index contributed by atoms with van der Waals surface area (Å²) in [4.78, 5) is 21.9. The maximum absolute atomic E-state index is 11.2. The van der Waals surface area contributed by atoms with Crippen molar-refractivity contribution in [3.63, 3.8) is 0 Å². The molecule has 1 aromatic heterocycles. The fourth-order valence-corrected chi connectivity index (χ4v) is 1.39. The molecule has 0 bridgehead atoms. The maximum atomic E-state index is 11.2. The molecule has 0 aliphatic carbocycles. The van der Waals surface area contributed by atoms with E-state index >= 15 is 0 Å². The molecule has 0 saturated heterocycles. The quantitative estimate of drug-likeness (QED) is 0.832. The normalized spacial score (nSPS) is 10.1. The Morgan fingerprint density at radius 1 is 1.28 bits per heavy atom. The lowest BCUT2D eigenvalue weighted by Crippen LogP contribution is -2.00. The Morgan fingerprint density at radius 3 is 2.50 bits per heavy atom. The summed E-state index contributed by atoms with van der Waals surface area (Å²) in [5, 5.41) is 12.3. The molecule has 0 radical (unpaired) electrons. The molecule has 0 aliphatic rings. The first-order valence-electron chi connectivity index (χ1n) is 5.00. The smallest absolute Gasteiger partial charge is 0.360 e. The van der Waals surface area contributed by atoms with Crippen LogP contribution in [0.15, 0.2) is 34.9 Å². The van der Waals surface area contributed by atoms with Crippen molar-refractivity contribution in [1.82, 2.24) is 5.16 Å². The Morgan fingerprint density at radius 2 is 1.94 bits per heavy atom. The van der Waals surface area contributed by atoms with Crippen molar-refractivity contribution in [2.45, 2.75) is 0 Å². The van der Waals surface area contributed by atoms with Crippen molar-refractivity contribution in [2.75, 3.05) is 7.11 Å². The molecule has 1 heterocycles. The predicted molar refractivity (Wildman–Crippen MR) is 60.2 cm³/mol. The zero-order valence-corrected chi connectivity index (χ0v) is 9.41. The van der Waals surface area contributed by atoms with Crippen LogP contribution >= 0.6 is 0 Å². The Balaban J connectivity index is 2.29. The number of carboxylic acid groups (broad SMARTS) is 1. The number of methoxy groups -OCH3 is 1. The van der Waals surface area contributed by atoms with E-state index in [0.717, 1.165) is 0 Å². The van der Waals surface area contributed by atoms with Gasteiger partial charge in [-0.05, 0) is 12.1 Å². The summed E-state index contributed by atoms with van der Waals surface area (Å²) in [7, 11) is 1.25. The number of aromatic carboxylic acids is 1. The van der Waals surface area contributed by atoms with Crippen LogP contribution in [-0.2, 0) is 4.74 Å². The topological polar surface area (TPSA) is 89.6 Å². The third-order valence-corrected chi connectivity index (χ3v) is 2.32. The van der Waals surface area contributed by atoms with E-state index in [2.05, 4.69) is 9.89 Å². The first-order valence-corrected chi connectivity index (χ1v) is 5.00. The Kier molecular flexibility index (Phi) is 3.09. The van der Waals surface area contributed by atoms with Gasteiger partial charge in [-0.1, -0.05) is 17.3 Å². The van der Waals surface area contributed by atoms with Gasteiger partial charge in [0.2, 0.25) is 0 Å². The van der Waals surface area contributed by atoms with E-state index in [4.69, 9.17) is 9.63 Å². The highest BCUT2D eigenvalue weighted by molar-refractivity contribution is 5.89. The number of nitrogens with zero attached hydrogens (tertiary/aromatic N) is 1. The molecule has 0 spiro atoms. The van der Waals surface area contributed by atoms with Crippen LogP contribution < -0.4 is 0 Å². The standard InChI is InChI=1S/C12H9NO5/c1-17-12(16)9-6-10(18-13-9)7-2-4-8(5-3-7)11(14)15/h2-6H,1H3,(H,14,15). The fourth-order valence-electron chi connectivity index (χ4n) is 1.39. The van der Waals surface area contributed by atoms with Gasteiger partial charge in [-0.15, -0.1) is 0 Å². The lowest BCUT2D eigenvalue weighted by molar-refractivity contribution is 0.0588. The Labute approximate surface area is 102 Å². The molecule has 0 unspecified atom stereocenters. The zero-order chi connectivity index (χ0) is 13.1. The van der Waals surface area contributed by atoms with Gasteiger partial charge in [0.05, 0.1) is 12.7 Å². The molecule has 18 heavy (non-hydrogen) atoms. The molecular formula is C12H9NO5. The second-order valence-electron chi connectivity index (χ2n) is 3.45. The average Bonchev–Trinajstić information content (AvgIpc) is 2.87. The van der Waals surface area contributed by atoms with E-state index in [0.29, 0.717) is 11.3 Å². The molecule has 2 rings (SSSR count). The summed E-state index contributed by atoms with van der Waals surface area (Å²) in [6.45, 7) is 0. The number of ether oxygens (including phenoxy) is 1. The van der Waals surface area contributed by atoms with Gasteiger partial charge in [0.25, 0.3) is 0 Å². The van der Waals surface area contributed by atoms with Gasteiger partial charge in [0.1, 0.15) is 0 Å². The molecule has 0 atom stereocenters. The highest BCUT2D eigenvalue weighted by Gasteiger charge is 2.14. The van der Waals surface area contributed by atoms with Crippen molar-refractivity contribution in [2.24, 2.45) is 0 Å². The molecule has 2 aromatic rings. The number of carbonyl (C=O) groups is 2. The van der Waals surface area contributed by atoms with Crippen LogP contribution in [-0.4, -0.2) is 29.3 Å². The summed E-state index contributed by atoms with van der Waals surface area (Å²) < 4.78 is 9.47. The lowest BCUT2D eigenvalue weighted by Gasteiger charge is -1.96. The van der Waals surface area contributed by atoms with Crippen LogP contribution in [0.3, 0.4) is 0 Å². The van der Waals surface area contributed by atoms with Gasteiger partial charge in [-0.25, -0.2) is 9.59 Å². The van der Waals surface area contributed by atoms with Crippen molar-refractivity contribution in [3.05, 3.63) is 41.6 Å². The highest BCUT2D eigenvalue weighted by atomic mass is 16.5. The largest absolute Gasteiger partial charge is 0.478 e. The Hall–Kier alpha value is -2.63. The minimum Gasteiger partial charge on any atom is -0.478 e. The number of rotatable bonds is 3. The van der Waals surface area contributed by atoms with Crippen LogP contribution in [0.1, 0.15) is 20.8 Å². The number of hydrogen-bond acceptors (Lipinski definition) is 5. The molecule has 6 heteroatoms.